The van der Waals surface area contributed by atoms with E-state index in [-0.39, 0.29) is 0 Å². The summed E-state index contributed by atoms with van der Waals surface area (Å²) in [5, 5.41) is 9.03. The fourth-order valence-electron chi connectivity index (χ4n) is 2.48. The van der Waals surface area contributed by atoms with E-state index in [1.54, 1.807) is 0 Å². The van der Waals surface area contributed by atoms with E-state index in [1.807, 2.05) is 12.1 Å². The minimum absolute atomic E-state index is 0.303. The van der Waals surface area contributed by atoms with Gasteiger partial charge in [-0.1, -0.05) is 0 Å². The van der Waals surface area contributed by atoms with Crippen molar-refractivity contribution >= 4 is 34.0 Å². The molecule has 3 N–H and O–H groups in total. The van der Waals surface area contributed by atoms with Crippen LogP contribution in [0.25, 0.3) is 0 Å². The Morgan fingerprint density at radius 2 is 2.29 bits per heavy atom. The molecule has 1 saturated heterocycles. The second kappa shape index (κ2) is 5.91. The third-order valence-electron chi connectivity index (χ3n) is 3.37. The van der Waals surface area contributed by atoms with E-state index < -0.39 is 0 Å². The van der Waals surface area contributed by atoms with E-state index in [1.165, 1.54) is 22.1 Å². The first kappa shape index (κ1) is 13.0. The maximum absolute atomic E-state index is 9.03. The van der Waals surface area contributed by atoms with Gasteiger partial charge in [-0.15, -0.1) is 0 Å². The topological polar surface area (TPSA) is 49.5 Å². The molecule has 0 aromatic heterocycles. The molecule has 0 amide bonds. The summed E-state index contributed by atoms with van der Waals surface area (Å²) < 4.78 is 1.22. The second-order valence-corrected chi connectivity index (χ2v) is 5.84. The fourth-order valence-corrected chi connectivity index (χ4v) is 3.36. The smallest absolute Gasteiger partial charge is 0.0503 e. The molecule has 1 aromatic rings. The highest BCUT2D eigenvalue weighted by Crippen LogP contribution is 2.29. The van der Waals surface area contributed by atoms with Gasteiger partial charge in [0.1, 0.15) is 0 Å². The molecule has 3 nitrogen and oxygen atoms in total. The molecule has 0 aliphatic carbocycles. The van der Waals surface area contributed by atoms with Crippen LogP contribution >= 0.6 is 22.6 Å². The normalized spacial score (nSPS) is 20.6. The number of halogens is 1. The summed E-state index contributed by atoms with van der Waals surface area (Å²) >= 11 is 2.35. The first-order valence-corrected chi connectivity index (χ1v) is 7.19. The number of rotatable bonds is 3. The van der Waals surface area contributed by atoms with Crippen molar-refractivity contribution in [3.63, 3.8) is 0 Å². The first-order chi connectivity index (χ1) is 8.20. The van der Waals surface area contributed by atoms with Crippen LogP contribution in [0.3, 0.4) is 0 Å². The number of hydrogen-bond acceptors (Lipinski definition) is 3. The molecule has 17 heavy (non-hydrogen) atoms. The van der Waals surface area contributed by atoms with Crippen molar-refractivity contribution in [2.45, 2.75) is 19.3 Å². The monoisotopic (exact) mass is 346 g/mol. The molecule has 0 saturated carbocycles. The molecule has 94 valence electrons. The number of nitrogens with two attached hydrogens (primary N) is 1. The number of nitrogens with zero attached hydrogens (tertiary/aromatic N) is 1. The maximum Gasteiger partial charge on any atom is 0.0503 e. The van der Waals surface area contributed by atoms with Crippen LogP contribution in [0.4, 0.5) is 11.4 Å². The summed E-state index contributed by atoms with van der Waals surface area (Å²) in [6, 6.07) is 6.09. The van der Waals surface area contributed by atoms with Crippen LogP contribution in [-0.2, 0) is 0 Å². The van der Waals surface area contributed by atoms with Gasteiger partial charge in [0.2, 0.25) is 0 Å². The number of aliphatic hydroxyl groups excluding tert-OH is 1. The third kappa shape index (κ3) is 3.25. The van der Waals surface area contributed by atoms with Crippen LogP contribution in [0, 0.1) is 9.49 Å². The SMILES string of the molecule is Nc1ccc(N2CCCC(CCO)C2)c(I)c1. The molecule has 2 rings (SSSR count). The van der Waals surface area contributed by atoms with Crippen LogP contribution < -0.4 is 10.6 Å². The molecule has 1 atom stereocenters. The minimum Gasteiger partial charge on any atom is -0.399 e. The Balaban J connectivity index is 2.10. The predicted molar refractivity (Wildman–Crippen MR) is 80.2 cm³/mol. The average molecular weight is 346 g/mol. The largest absolute Gasteiger partial charge is 0.399 e. The molecule has 1 heterocycles. The van der Waals surface area contributed by atoms with E-state index in [2.05, 4.69) is 33.6 Å². The van der Waals surface area contributed by atoms with Crippen LogP contribution in [0.5, 0.6) is 0 Å². The zero-order chi connectivity index (χ0) is 12.3. The molecular formula is C13H19IN2O. The summed E-state index contributed by atoms with van der Waals surface area (Å²) in [5.41, 5.74) is 7.88. The lowest BCUT2D eigenvalue weighted by Gasteiger charge is -2.35. The Morgan fingerprint density at radius 1 is 1.47 bits per heavy atom. The van der Waals surface area contributed by atoms with E-state index in [0.29, 0.717) is 12.5 Å². The molecule has 0 bridgehead atoms. The standard InChI is InChI=1S/C13H19IN2O/c14-12-8-11(15)3-4-13(12)16-6-1-2-10(9-16)5-7-17/h3-4,8,10,17H,1-2,5-7,9,15H2. The van der Waals surface area contributed by atoms with Crippen molar-refractivity contribution in [1.82, 2.24) is 0 Å². The van der Waals surface area contributed by atoms with Gasteiger partial charge in [0.25, 0.3) is 0 Å². The summed E-state index contributed by atoms with van der Waals surface area (Å²) in [6.45, 7) is 2.47. The molecule has 1 aliphatic rings. The zero-order valence-electron chi connectivity index (χ0n) is 9.90. The highest BCUT2D eigenvalue weighted by atomic mass is 127. The molecule has 1 unspecified atom stereocenters. The minimum atomic E-state index is 0.303. The van der Waals surface area contributed by atoms with Crippen molar-refractivity contribution in [3.05, 3.63) is 21.8 Å². The number of hydrogen-bond donors (Lipinski definition) is 2. The number of piperidine rings is 1. The Hall–Kier alpha value is -0.490. The van der Waals surface area contributed by atoms with E-state index in [9.17, 15) is 0 Å². The Kier molecular flexibility index (Phi) is 4.50. The molecular weight excluding hydrogens is 327 g/mol. The van der Waals surface area contributed by atoms with Crippen LogP contribution in [0.2, 0.25) is 0 Å². The number of anilines is 2. The first-order valence-electron chi connectivity index (χ1n) is 6.11. The van der Waals surface area contributed by atoms with Gasteiger partial charge in [-0.3, -0.25) is 0 Å². The zero-order valence-corrected chi connectivity index (χ0v) is 12.1. The van der Waals surface area contributed by atoms with Gasteiger partial charge in [-0.2, -0.15) is 0 Å². The average Bonchev–Trinajstić information content (AvgIpc) is 2.29. The van der Waals surface area contributed by atoms with Crippen molar-refractivity contribution in [1.29, 1.82) is 0 Å². The molecule has 0 radical (unpaired) electrons. The number of benzene rings is 1. The lowest BCUT2D eigenvalue weighted by molar-refractivity contribution is 0.244. The van der Waals surface area contributed by atoms with Crippen molar-refractivity contribution in [2.24, 2.45) is 5.92 Å². The molecule has 1 aliphatic heterocycles. The molecule has 4 heteroatoms. The predicted octanol–water partition coefficient (Wildman–Crippen LogP) is 2.47. The van der Waals surface area contributed by atoms with Gasteiger partial charge in [-0.25, -0.2) is 0 Å². The third-order valence-corrected chi connectivity index (χ3v) is 4.23. The lowest BCUT2D eigenvalue weighted by atomic mass is 9.95. The lowest BCUT2D eigenvalue weighted by Crippen LogP contribution is -2.36. The van der Waals surface area contributed by atoms with E-state index in [4.69, 9.17) is 10.8 Å². The van der Waals surface area contributed by atoms with Gasteiger partial charge in [-0.05, 0) is 66.0 Å². The maximum atomic E-state index is 9.03. The quantitative estimate of drug-likeness (QED) is 0.653. The van der Waals surface area contributed by atoms with Crippen LogP contribution in [0.1, 0.15) is 19.3 Å². The molecule has 0 spiro atoms. The summed E-state index contributed by atoms with van der Waals surface area (Å²) in [6.07, 6.45) is 3.37. The Morgan fingerprint density at radius 3 is 3.00 bits per heavy atom. The molecule has 1 aromatic carbocycles. The second-order valence-electron chi connectivity index (χ2n) is 4.68. The van der Waals surface area contributed by atoms with Crippen molar-refractivity contribution in [2.75, 3.05) is 30.3 Å². The number of aliphatic hydroxyl groups is 1. The number of nitrogen functional groups attached to an aromatic ring is 1. The highest BCUT2D eigenvalue weighted by molar-refractivity contribution is 14.1. The highest BCUT2D eigenvalue weighted by Gasteiger charge is 2.20. The van der Waals surface area contributed by atoms with E-state index in [0.717, 1.165) is 25.2 Å². The van der Waals surface area contributed by atoms with Gasteiger partial charge < -0.3 is 15.7 Å². The Bertz CT molecular complexity index is 382. The summed E-state index contributed by atoms with van der Waals surface area (Å²) in [7, 11) is 0. The van der Waals surface area contributed by atoms with E-state index >= 15 is 0 Å². The van der Waals surface area contributed by atoms with Gasteiger partial charge >= 0.3 is 0 Å². The van der Waals surface area contributed by atoms with Crippen molar-refractivity contribution < 1.29 is 5.11 Å². The Labute approximate surface area is 116 Å². The van der Waals surface area contributed by atoms with Crippen molar-refractivity contribution in [3.8, 4) is 0 Å². The summed E-state index contributed by atoms with van der Waals surface area (Å²) in [4.78, 5) is 2.42. The van der Waals surface area contributed by atoms with Gasteiger partial charge in [0, 0.05) is 29.0 Å². The van der Waals surface area contributed by atoms with Crippen LogP contribution in [-0.4, -0.2) is 24.8 Å². The van der Waals surface area contributed by atoms with Gasteiger partial charge in [0.15, 0.2) is 0 Å². The van der Waals surface area contributed by atoms with Crippen LogP contribution in [0.15, 0.2) is 18.2 Å². The summed E-state index contributed by atoms with van der Waals surface area (Å²) in [5.74, 6) is 0.627. The molecule has 1 fully saturated rings. The fraction of sp³-hybridized carbons (Fsp3) is 0.538. The van der Waals surface area contributed by atoms with Gasteiger partial charge in [0.05, 0.1) is 5.69 Å².